The number of hydroxylamine groups is 2. The topological polar surface area (TPSA) is 184 Å². The van der Waals surface area contributed by atoms with Crippen molar-refractivity contribution in [2.75, 3.05) is 13.1 Å². The van der Waals surface area contributed by atoms with Gasteiger partial charge in [0.05, 0.1) is 6.04 Å². The number of carbonyl (C=O) groups excluding carboxylic acids is 4. The molecule has 2 rings (SSSR count). The first-order valence-electron chi connectivity index (χ1n) is 8.59. The van der Waals surface area contributed by atoms with E-state index in [2.05, 4.69) is 20.5 Å². The minimum Gasteiger partial charge on any atom is -0.444 e. The normalized spacial score (nSPS) is 21.6. The van der Waals surface area contributed by atoms with Gasteiger partial charge in [-0.25, -0.2) is 9.59 Å². The van der Waals surface area contributed by atoms with Crippen LogP contribution < -0.4 is 16.2 Å². The third-order valence-electron chi connectivity index (χ3n) is 3.92. The molecule has 15 heteroatoms. The van der Waals surface area contributed by atoms with E-state index in [-0.39, 0.29) is 19.4 Å². The van der Waals surface area contributed by atoms with Gasteiger partial charge in [0, 0.05) is 6.54 Å². The average Bonchev–Trinajstić information content (AvgIpc) is 2.80. The number of piperidine rings is 1. The molecule has 29 heavy (non-hydrogen) atoms. The number of amides is 5. The van der Waals surface area contributed by atoms with Gasteiger partial charge < -0.3 is 15.0 Å². The molecule has 2 aliphatic rings. The van der Waals surface area contributed by atoms with E-state index in [1.165, 1.54) is 0 Å². The molecular weight excluding hydrogens is 414 g/mol. The summed E-state index contributed by atoms with van der Waals surface area (Å²) in [6, 6.07) is -2.52. The lowest BCUT2D eigenvalue weighted by Gasteiger charge is -2.29. The first-order valence-corrected chi connectivity index (χ1v) is 9.96. The summed E-state index contributed by atoms with van der Waals surface area (Å²) in [4.78, 5) is 48.8. The number of alkyl carbamates (subject to hydrolysis) is 1. The molecule has 164 valence electrons. The first-order chi connectivity index (χ1) is 13.3. The fraction of sp³-hybridized carbons (Fsp3) is 0.714. The number of hydrogen-bond donors (Lipinski definition) is 4. The van der Waals surface area contributed by atoms with Crippen molar-refractivity contribution < 1.29 is 41.2 Å². The Morgan fingerprint density at radius 3 is 2.45 bits per heavy atom. The second kappa shape index (κ2) is 8.38. The van der Waals surface area contributed by atoms with E-state index in [4.69, 9.17) is 9.29 Å². The van der Waals surface area contributed by atoms with Crippen LogP contribution in [0, 0.1) is 0 Å². The van der Waals surface area contributed by atoms with Crippen molar-refractivity contribution in [3.63, 3.8) is 0 Å². The molecule has 0 unspecified atom stereocenters. The van der Waals surface area contributed by atoms with Crippen molar-refractivity contribution in [2.45, 2.75) is 51.3 Å². The fourth-order valence-corrected chi connectivity index (χ4v) is 3.22. The lowest BCUT2D eigenvalue weighted by atomic mass is 10.0. The van der Waals surface area contributed by atoms with Crippen LogP contribution in [0.25, 0.3) is 0 Å². The predicted molar refractivity (Wildman–Crippen MR) is 93.9 cm³/mol. The molecule has 2 aliphatic heterocycles. The highest BCUT2D eigenvalue weighted by molar-refractivity contribution is 7.80. The van der Waals surface area contributed by atoms with Crippen molar-refractivity contribution in [2.24, 2.45) is 0 Å². The van der Waals surface area contributed by atoms with Gasteiger partial charge in [0.25, 0.3) is 11.8 Å². The summed E-state index contributed by atoms with van der Waals surface area (Å²) >= 11 is 0. The van der Waals surface area contributed by atoms with E-state index in [0.29, 0.717) is 5.06 Å². The highest BCUT2D eigenvalue weighted by atomic mass is 32.3. The summed E-state index contributed by atoms with van der Waals surface area (Å²) in [5.74, 6) is -1.45. The lowest BCUT2D eigenvalue weighted by molar-refractivity contribution is -0.131. The minimum atomic E-state index is -4.89. The fourth-order valence-electron chi connectivity index (χ4n) is 2.83. The Kier molecular flexibility index (Phi) is 6.54. The van der Waals surface area contributed by atoms with Crippen LogP contribution in [0.5, 0.6) is 0 Å². The second-order valence-corrected chi connectivity index (χ2v) is 8.41. The van der Waals surface area contributed by atoms with Gasteiger partial charge in [0.2, 0.25) is 0 Å². The van der Waals surface area contributed by atoms with Crippen molar-refractivity contribution in [1.82, 2.24) is 26.1 Å². The molecular formula is C14H23N5O9S. The molecule has 4 N–H and O–H groups in total. The molecule has 2 heterocycles. The third kappa shape index (κ3) is 6.43. The van der Waals surface area contributed by atoms with E-state index < -0.39 is 58.6 Å². The molecule has 0 aromatic carbocycles. The number of fused-ring (bicyclic) bond motifs is 2. The van der Waals surface area contributed by atoms with Crippen LogP contribution in [0.2, 0.25) is 0 Å². The van der Waals surface area contributed by atoms with Gasteiger partial charge in [-0.2, -0.15) is 13.5 Å². The summed E-state index contributed by atoms with van der Waals surface area (Å²) in [5.41, 5.74) is 3.50. The smallest absolute Gasteiger partial charge is 0.418 e. The second-order valence-electron chi connectivity index (χ2n) is 7.40. The Morgan fingerprint density at radius 1 is 1.21 bits per heavy atom. The molecule has 0 aliphatic carbocycles. The van der Waals surface area contributed by atoms with Gasteiger partial charge in [0.1, 0.15) is 18.2 Å². The van der Waals surface area contributed by atoms with Gasteiger partial charge in [0.15, 0.2) is 0 Å². The maximum Gasteiger partial charge on any atom is 0.418 e. The number of urea groups is 1. The summed E-state index contributed by atoms with van der Waals surface area (Å²) in [7, 11) is -4.89. The highest BCUT2D eigenvalue weighted by Crippen LogP contribution is 2.30. The van der Waals surface area contributed by atoms with Gasteiger partial charge >= 0.3 is 22.5 Å². The minimum absolute atomic E-state index is 0.0145. The Balaban J connectivity index is 1.82. The summed E-state index contributed by atoms with van der Waals surface area (Å²) in [6.45, 7) is 4.53. The molecule has 2 bridgehead atoms. The Labute approximate surface area is 166 Å². The van der Waals surface area contributed by atoms with Crippen LogP contribution in [0.4, 0.5) is 9.59 Å². The van der Waals surface area contributed by atoms with E-state index in [0.717, 1.165) is 4.90 Å². The molecule has 5 amide bonds. The monoisotopic (exact) mass is 437 g/mol. The van der Waals surface area contributed by atoms with Crippen LogP contribution in [-0.4, -0.2) is 77.6 Å². The number of rotatable bonds is 5. The SMILES string of the molecule is CC(C)(C)OC(=O)NCC(=O)NNC(=O)[C@@H]1CC[C@@H]2CN1C(=O)N2OS(=O)(=O)O. The molecule has 2 atom stereocenters. The van der Waals surface area contributed by atoms with E-state index in [1.54, 1.807) is 20.8 Å². The van der Waals surface area contributed by atoms with Crippen LogP contribution in [0.3, 0.4) is 0 Å². The third-order valence-corrected chi connectivity index (χ3v) is 4.27. The molecule has 0 aromatic rings. The molecule has 0 saturated carbocycles. The summed E-state index contributed by atoms with van der Waals surface area (Å²) in [6.07, 6.45) is -0.386. The number of hydrogen-bond acceptors (Lipinski definition) is 8. The van der Waals surface area contributed by atoms with Gasteiger partial charge in [-0.15, -0.1) is 4.28 Å². The summed E-state index contributed by atoms with van der Waals surface area (Å²) in [5, 5.41) is 2.72. The number of carbonyl (C=O) groups is 4. The van der Waals surface area contributed by atoms with Crippen LogP contribution >= 0.6 is 0 Å². The predicted octanol–water partition coefficient (Wildman–Crippen LogP) is -1.34. The van der Waals surface area contributed by atoms with E-state index >= 15 is 0 Å². The number of hydrazine groups is 1. The molecule has 0 spiro atoms. The van der Waals surface area contributed by atoms with Gasteiger partial charge in [-0.05, 0) is 33.6 Å². The first kappa shape index (κ1) is 22.6. The quantitative estimate of drug-likeness (QED) is 0.299. The molecule has 2 saturated heterocycles. The number of nitrogens with zero attached hydrogens (tertiary/aromatic N) is 2. The van der Waals surface area contributed by atoms with Gasteiger partial charge in [-0.3, -0.25) is 25.0 Å². The zero-order chi connectivity index (χ0) is 22.0. The Bertz CT molecular complexity index is 794. The molecule has 0 radical (unpaired) electrons. The average molecular weight is 437 g/mol. The van der Waals surface area contributed by atoms with Gasteiger partial charge in [-0.1, -0.05) is 0 Å². The maximum atomic E-state index is 12.3. The zero-order valence-electron chi connectivity index (χ0n) is 16.0. The van der Waals surface area contributed by atoms with E-state index in [9.17, 15) is 27.6 Å². The van der Waals surface area contributed by atoms with Crippen LogP contribution in [0.1, 0.15) is 33.6 Å². The standard InChI is InChI=1S/C14H23N5O9S/c1-14(2,3)27-12(22)15-6-10(20)16-17-11(21)9-5-4-8-7-18(9)13(23)19(8)28-29(24,25)26/h8-9H,4-7H2,1-3H3,(H,15,22)(H,16,20)(H,17,21)(H,24,25,26)/t8-,9+/m1/s1. The number of nitrogens with one attached hydrogen (secondary N) is 3. The maximum absolute atomic E-state index is 12.3. The molecule has 14 nitrogen and oxygen atoms in total. The van der Waals surface area contributed by atoms with Crippen LogP contribution in [-0.2, 0) is 29.0 Å². The lowest BCUT2D eigenvalue weighted by Crippen LogP contribution is -2.55. The highest BCUT2D eigenvalue weighted by Gasteiger charge is 2.49. The zero-order valence-corrected chi connectivity index (χ0v) is 16.8. The Hall–Kier alpha value is -2.65. The van der Waals surface area contributed by atoms with Crippen molar-refractivity contribution in [1.29, 1.82) is 0 Å². The Morgan fingerprint density at radius 2 is 1.86 bits per heavy atom. The molecule has 0 aromatic heterocycles. The van der Waals surface area contributed by atoms with Crippen molar-refractivity contribution in [3.05, 3.63) is 0 Å². The van der Waals surface area contributed by atoms with Crippen molar-refractivity contribution >= 4 is 34.3 Å². The van der Waals surface area contributed by atoms with E-state index in [1.807, 2.05) is 0 Å². The largest absolute Gasteiger partial charge is 0.444 e. The molecule has 2 fully saturated rings. The van der Waals surface area contributed by atoms with Crippen LogP contribution in [0.15, 0.2) is 0 Å². The number of ether oxygens (including phenoxy) is 1. The van der Waals surface area contributed by atoms with Crippen molar-refractivity contribution in [3.8, 4) is 0 Å². The summed E-state index contributed by atoms with van der Waals surface area (Å²) < 4.78 is 39.7.